The molecule has 1 amide bonds. The molecule has 0 radical (unpaired) electrons. The lowest BCUT2D eigenvalue weighted by Crippen LogP contribution is -2.37. The first kappa shape index (κ1) is 12.7. The van der Waals surface area contributed by atoms with Crippen LogP contribution >= 0.6 is 0 Å². The third-order valence-corrected chi connectivity index (χ3v) is 2.36. The van der Waals surface area contributed by atoms with Crippen LogP contribution in [0.4, 0.5) is 0 Å². The van der Waals surface area contributed by atoms with E-state index < -0.39 is 6.04 Å². The number of carbonyl (C=O) groups is 1. The lowest BCUT2D eigenvalue weighted by Gasteiger charge is -2.20. The van der Waals surface area contributed by atoms with Gasteiger partial charge in [-0.15, -0.1) is 0 Å². The molecule has 0 aliphatic carbocycles. The zero-order chi connectivity index (χ0) is 12.1. The first-order chi connectivity index (χ1) is 7.56. The van der Waals surface area contributed by atoms with Crippen molar-refractivity contribution >= 4 is 5.91 Å². The van der Waals surface area contributed by atoms with Crippen molar-refractivity contribution in [1.29, 1.82) is 0 Å². The summed E-state index contributed by atoms with van der Waals surface area (Å²) >= 11 is 0. The van der Waals surface area contributed by atoms with Gasteiger partial charge in [0.25, 0.3) is 0 Å². The molecule has 0 bridgehead atoms. The first-order valence-electron chi connectivity index (χ1n) is 5.04. The molecule has 0 aliphatic heterocycles. The first-order valence-corrected chi connectivity index (χ1v) is 5.04. The Morgan fingerprint density at radius 2 is 2.44 bits per heavy atom. The SMILES string of the molecule is COCCN(C)C(=O)C(N)c1cnn(C)c1. The highest BCUT2D eigenvalue weighted by Crippen LogP contribution is 2.10. The number of carbonyl (C=O) groups excluding carboxylic acids is 1. The fraction of sp³-hybridized carbons (Fsp3) is 0.600. The molecule has 0 saturated carbocycles. The Kier molecular flexibility index (Phi) is 4.45. The van der Waals surface area contributed by atoms with Gasteiger partial charge in [0.1, 0.15) is 6.04 Å². The number of likely N-dealkylation sites (N-methyl/N-ethyl adjacent to an activating group) is 1. The third kappa shape index (κ3) is 3.04. The molecule has 1 atom stereocenters. The van der Waals surface area contributed by atoms with Crippen molar-refractivity contribution in [3.05, 3.63) is 18.0 Å². The number of hydrogen-bond donors (Lipinski definition) is 1. The van der Waals surface area contributed by atoms with Crippen LogP contribution in [0.5, 0.6) is 0 Å². The summed E-state index contributed by atoms with van der Waals surface area (Å²) in [7, 11) is 5.09. The Balaban J connectivity index is 2.59. The molecule has 1 rings (SSSR count). The van der Waals surface area contributed by atoms with E-state index >= 15 is 0 Å². The monoisotopic (exact) mass is 226 g/mol. The van der Waals surface area contributed by atoms with E-state index in [1.54, 1.807) is 43.2 Å². The number of nitrogens with zero attached hydrogens (tertiary/aromatic N) is 3. The molecule has 6 heteroatoms. The summed E-state index contributed by atoms with van der Waals surface area (Å²) in [5, 5.41) is 3.98. The standard InChI is InChI=1S/C10H18N4O2/c1-13(4-5-16-3)10(15)9(11)8-6-12-14(2)7-8/h6-7,9H,4-5,11H2,1-3H3. The average molecular weight is 226 g/mol. The van der Waals surface area contributed by atoms with Gasteiger partial charge in [-0.1, -0.05) is 0 Å². The van der Waals surface area contributed by atoms with Crippen molar-refractivity contribution in [2.24, 2.45) is 12.8 Å². The number of rotatable bonds is 5. The summed E-state index contributed by atoms with van der Waals surface area (Å²) < 4.78 is 6.52. The molecule has 1 aromatic heterocycles. The molecular formula is C10H18N4O2. The van der Waals surface area contributed by atoms with E-state index in [9.17, 15) is 4.79 Å². The number of hydrogen-bond acceptors (Lipinski definition) is 4. The lowest BCUT2D eigenvalue weighted by atomic mass is 10.1. The molecule has 1 heterocycles. The van der Waals surface area contributed by atoms with Crippen LogP contribution in [-0.4, -0.2) is 47.9 Å². The Morgan fingerprint density at radius 3 is 2.94 bits per heavy atom. The highest BCUT2D eigenvalue weighted by Gasteiger charge is 2.20. The van der Waals surface area contributed by atoms with Crippen LogP contribution in [0.2, 0.25) is 0 Å². The van der Waals surface area contributed by atoms with E-state index in [0.29, 0.717) is 13.2 Å². The minimum absolute atomic E-state index is 0.134. The van der Waals surface area contributed by atoms with Crippen molar-refractivity contribution in [2.45, 2.75) is 6.04 Å². The molecule has 0 aromatic carbocycles. The maximum atomic E-state index is 11.9. The van der Waals surface area contributed by atoms with Gasteiger partial charge in [0.2, 0.25) is 5.91 Å². The summed E-state index contributed by atoms with van der Waals surface area (Å²) in [4.78, 5) is 13.4. The van der Waals surface area contributed by atoms with Gasteiger partial charge in [-0.2, -0.15) is 5.10 Å². The predicted molar refractivity (Wildman–Crippen MR) is 59.6 cm³/mol. The highest BCUT2D eigenvalue weighted by molar-refractivity contribution is 5.82. The zero-order valence-corrected chi connectivity index (χ0v) is 9.88. The van der Waals surface area contributed by atoms with Gasteiger partial charge in [-0.3, -0.25) is 9.48 Å². The van der Waals surface area contributed by atoms with Crippen molar-refractivity contribution in [3.63, 3.8) is 0 Å². The van der Waals surface area contributed by atoms with E-state index in [0.717, 1.165) is 5.56 Å². The van der Waals surface area contributed by atoms with Gasteiger partial charge in [0.05, 0.1) is 12.8 Å². The number of amides is 1. The Labute approximate surface area is 95.0 Å². The fourth-order valence-corrected chi connectivity index (χ4v) is 1.32. The summed E-state index contributed by atoms with van der Waals surface area (Å²) in [6.45, 7) is 1.03. The second kappa shape index (κ2) is 5.62. The van der Waals surface area contributed by atoms with Crippen molar-refractivity contribution in [3.8, 4) is 0 Å². The summed E-state index contributed by atoms with van der Waals surface area (Å²) in [5.41, 5.74) is 6.56. The molecule has 0 fully saturated rings. The summed E-state index contributed by atoms with van der Waals surface area (Å²) in [5.74, 6) is -0.134. The molecule has 0 spiro atoms. The smallest absolute Gasteiger partial charge is 0.244 e. The quantitative estimate of drug-likeness (QED) is 0.736. The van der Waals surface area contributed by atoms with Gasteiger partial charge in [-0.25, -0.2) is 0 Å². The Bertz CT molecular complexity index is 350. The molecule has 16 heavy (non-hydrogen) atoms. The predicted octanol–water partition coefficient (Wildman–Crippen LogP) is -0.475. The van der Waals surface area contributed by atoms with Crippen LogP contribution in [0.3, 0.4) is 0 Å². The van der Waals surface area contributed by atoms with Gasteiger partial charge in [-0.05, 0) is 0 Å². The molecule has 90 valence electrons. The number of ether oxygens (including phenoxy) is 1. The number of methoxy groups -OCH3 is 1. The second-order valence-corrected chi connectivity index (χ2v) is 3.68. The van der Waals surface area contributed by atoms with Crippen molar-refractivity contribution in [1.82, 2.24) is 14.7 Å². The van der Waals surface area contributed by atoms with E-state index in [-0.39, 0.29) is 5.91 Å². The maximum absolute atomic E-state index is 11.9. The molecule has 0 saturated heterocycles. The highest BCUT2D eigenvalue weighted by atomic mass is 16.5. The van der Waals surface area contributed by atoms with Crippen molar-refractivity contribution < 1.29 is 9.53 Å². The maximum Gasteiger partial charge on any atom is 0.244 e. The minimum atomic E-state index is -0.657. The Morgan fingerprint density at radius 1 is 1.75 bits per heavy atom. The van der Waals surface area contributed by atoms with Gasteiger partial charge in [0, 0.05) is 39.5 Å². The van der Waals surface area contributed by atoms with E-state index in [1.807, 2.05) is 0 Å². The average Bonchev–Trinajstić information content (AvgIpc) is 2.70. The van der Waals surface area contributed by atoms with E-state index in [2.05, 4.69) is 5.10 Å². The van der Waals surface area contributed by atoms with Crippen LogP contribution in [-0.2, 0) is 16.6 Å². The molecule has 6 nitrogen and oxygen atoms in total. The summed E-state index contributed by atoms with van der Waals surface area (Å²) in [6.07, 6.45) is 3.35. The molecule has 0 aliphatic rings. The largest absolute Gasteiger partial charge is 0.383 e. The summed E-state index contributed by atoms with van der Waals surface area (Å²) in [6, 6.07) is -0.657. The van der Waals surface area contributed by atoms with Gasteiger partial charge >= 0.3 is 0 Å². The number of aryl methyl sites for hydroxylation is 1. The normalized spacial score (nSPS) is 12.5. The fourth-order valence-electron chi connectivity index (χ4n) is 1.32. The van der Waals surface area contributed by atoms with Crippen LogP contribution in [0.1, 0.15) is 11.6 Å². The molecular weight excluding hydrogens is 208 g/mol. The van der Waals surface area contributed by atoms with Crippen molar-refractivity contribution in [2.75, 3.05) is 27.3 Å². The molecule has 1 unspecified atom stereocenters. The zero-order valence-electron chi connectivity index (χ0n) is 9.88. The molecule has 1 aromatic rings. The topological polar surface area (TPSA) is 73.4 Å². The van der Waals surface area contributed by atoms with Crippen LogP contribution in [0.15, 0.2) is 12.4 Å². The number of aromatic nitrogens is 2. The van der Waals surface area contributed by atoms with E-state index in [4.69, 9.17) is 10.5 Å². The lowest BCUT2D eigenvalue weighted by molar-refractivity contribution is -0.132. The molecule has 2 N–H and O–H groups in total. The van der Waals surface area contributed by atoms with Crippen LogP contribution < -0.4 is 5.73 Å². The van der Waals surface area contributed by atoms with E-state index in [1.165, 1.54) is 0 Å². The van der Waals surface area contributed by atoms with Crippen LogP contribution in [0, 0.1) is 0 Å². The Hall–Kier alpha value is -1.40. The van der Waals surface area contributed by atoms with Gasteiger partial charge < -0.3 is 15.4 Å². The minimum Gasteiger partial charge on any atom is -0.383 e. The van der Waals surface area contributed by atoms with Gasteiger partial charge in [0.15, 0.2) is 0 Å². The second-order valence-electron chi connectivity index (χ2n) is 3.68. The third-order valence-electron chi connectivity index (χ3n) is 2.36. The number of nitrogens with two attached hydrogens (primary N) is 1. The van der Waals surface area contributed by atoms with Crippen LogP contribution in [0.25, 0.3) is 0 Å².